The van der Waals surface area contributed by atoms with Crippen molar-refractivity contribution < 1.29 is 5.11 Å². The molecule has 1 unspecified atom stereocenters. The van der Waals surface area contributed by atoms with Gasteiger partial charge in [0, 0.05) is 6.42 Å². The highest BCUT2D eigenvalue weighted by Gasteiger charge is 2.30. The van der Waals surface area contributed by atoms with Gasteiger partial charge >= 0.3 is 0 Å². The SMILES string of the molecule is Cc1ccc(O)c(CC(C)(N)N2CCCC2)c1. The maximum atomic E-state index is 9.87. The third-order valence-electron chi connectivity index (χ3n) is 3.61. The molecule has 3 N–H and O–H groups in total. The Balaban J connectivity index is 2.15. The van der Waals surface area contributed by atoms with Crippen LogP contribution >= 0.6 is 0 Å². The standard InChI is InChI=1S/C14H22N2O/c1-11-5-6-13(17)12(9-11)10-14(2,15)16-7-3-4-8-16/h5-6,9,17H,3-4,7-8,10,15H2,1-2H3. The van der Waals surface area contributed by atoms with Crippen LogP contribution in [0.1, 0.15) is 30.9 Å². The molecule has 1 saturated heterocycles. The molecule has 3 nitrogen and oxygen atoms in total. The van der Waals surface area contributed by atoms with E-state index in [0.717, 1.165) is 24.2 Å². The van der Waals surface area contributed by atoms with Crippen molar-refractivity contribution in [2.24, 2.45) is 5.73 Å². The zero-order valence-corrected chi connectivity index (χ0v) is 10.7. The molecule has 3 heteroatoms. The molecule has 0 radical (unpaired) electrons. The number of aryl methyl sites for hydroxylation is 1. The summed E-state index contributed by atoms with van der Waals surface area (Å²) >= 11 is 0. The van der Waals surface area contributed by atoms with Crippen molar-refractivity contribution in [2.75, 3.05) is 13.1 Å². The molecule has 0 amide bonds. The van der Waals surface area contributed by atoms with Crippen LogP contribution in [-0.4, -0.2) is 28.8 Å². The number of benzene rings is 1. The lowest BCUT2D eigenvalue weighted by Gasteiger charge is -2.35. The summed E-state index contributed by atoms with van der Waals surface area (Å²) in [6.07, 6.45) is 3.15. The van der Waals surface area contributed by atoms with Crippen LogP contribution in [0.2, 0.25) is 0 Å². The molecule has 17 heavy (non-hydrogen) atoms. The van der Waals surface area contributed by atoms with Crippen molar-refractivity contribution in [3.63, 3.8) is 0 Å². The second-order valence-electron chi connectivity index (χ2n) is 5.36. The van der Waals surface area contributed by atoms with E-state index in [9.17, 15) is 5.11 Å². The van der Waals surface area contributed by atoms with E-state index < -0.39 is 0 Å². The number of rotatable bonds is 3. The summed E-state index contributed by atoms with van der Waals surface area (Å²) in [7, 11) is 0. The first-order valence-corrected chi connectivity index (χ1v) is 6.31. The predicted octanol–water partition coefficient (Wildman–Crippen LogP) is 2.01. The molecular weight excluding hydrogens is 212 g/mol. The van der Waals surface area contributed by atoms with Gasteiger partial charge in [-0.1, -0.05) is 17.7 Å². The van der Waals surface area contributed by atoms with Gasteiger partial charge in [-0.15, -0.1) is 0 Å². The fourth-order valence-electron chi connectivity index (χ4n) is 2.58. The fourth-order valence-corrected chi connectivity index (χ4v) is 2.58. The van der Waals surface area contributed by atoms with Crippen molar-refractivity contribution >= 4 is 0 Å². The van der Waals surface area contributed by atoms with Gasteiger partial charge in [-0.25, -0.2) is 0 Å². The number of phenols is 1. The van der Waals surface area contributed by atoms with Crippen LogP contribution in [0.25, 0.3) is 0 Å². The van der Waals surface area contributed by atoms with E-state index in [-0.39, 0.29) is 5.66 Å². The van der Waals surface area contributed by atoms with E-state index in [1.165, 1.54) is 12.8 Å². The Morgan fingerprint density at radius 2 is 2.00 bits per heavy atom. The highest BCUT2D eigenvalue weighted by molar-refractivity contribution is 5.36. The summed E-state index contributed by atoms with van der Waals surface area (Å²) in [6.45, 7) is 6.23. The van der Waals surface area contributed by atoms with Gasteiger partial charge in [0.2, 0.25) is 0 Å². The van der Waals surface area contributed by atoms with E-state index in [1.54, 1.807) is 6.07 Å². The summed E-state index contributed by atoms with van der Waals surface area (Å²) in [5, 5.41) is 9.87. The number of nitrogens with zero attached hydrogens (tertiary/aromatic N) is 1. The molecule has 1 aromatic rings. The maximum absolute atomic E-state index is 9.87. The van der Waals surface area contributed by atoms with Crippen LogP contribution in [0.15, 0.2) is 18.2 Å². The third kappa shape index (κ3) is 2.79. The summed E-state index contributed by atoms with van der Waals surface area (Å²) < 4.78 is 0. The van der Waals surface area contributed by atoms with E-state index in [4.69, 9.17) is 5.73 Å². The van der Waals surface area contributed by atoms with Crippen molar-refractivity contribution in [3.05, 3.63) is 29.3 Å². The summed E-state index contributed by atoms with van der Waals surface area (Å²) in [4.78, 5) is 2.31. The Morgan fingerprint density at radius 1 is 1.35 bits per heavy atom. The van der Waals surface area contributed by atoms with Gasteiger partial charge in [0.1, 0.15) is 5.75 Å². The Hall–Kier alpha value is -1.06. The molecule has 1 aromatic carbocycles. The molecule has 0 aliphatic carbocycles. The first kappa shape index (κ1) is 12.4. The lowest BCUT2D eigenvalue weighted by Crippen LogP contribution is -2.54. The first-order chi connectivity index (χ1) is 7.99. The topological polar surface area (TPSA) is 49.5 Å². The van der Waals surface area contributed by atoms with E-state index in [2.05, 4.69) is 11.8 Å². The van der Waals surface area contributed by atoms with Gasteiger partial charge in [0.05, 0.1) is 5.66 Å². The molecule has 0 saturated carbocycles. The lowest BCUT2D eigenvalue weighted by atomic mass is 9.98. The Morgan fingerprint density at radius 3 is 2.65 bits per heavy atom. The van der Waals surface area contributed by atoms with Crippen LogP contribution in [0, 0.1) is 6.92 Å². The molecule has 1 atom stereocenters. The average molecular weight is 234 g/mol. The van der Waals surface area contributed by atoms with Gasteiger partial charge in [-0.3, -0.25) is 4.90 Å². The highest BCUT2D eigenvalue weighted by atomic mass is 16.3. The van der Waals surface area contributed by atoms with Gasteiger partial charge in [0.25, 0.3) is 0 Å². The van der Waals surface area contributed by atoms with Gasteiger partial charge < -0.3 is 10.8 Å². The number of aromatic hydroxyl groups is 1. The largest absolute Gasteiger partial charge is 0.508 e. The molecule has 0 spiro atoms. The van der Waals surface area contributed by atoms with E-state index >= 15 is 0 Å². The van der Waals surface area contributed by atoms with Crippen LogP contribution in [0.3, 0.4) is 0 Å². The lowest BCUT2D eigenvalue weighted by molar-refractivity contribution is 0.141. The molecule has 1 aliphatic rings. The normalized spacial score (nSPS) is 20.4. The fraction of sp³-hybridized carbons (Fsp3) is 0.571. The van der Waals surface area contributed by atoms with Crippen LogP contribution < -0.4 is 5.73 Å². The number of phenolic OH excluding ortho intramolecular Hbond substituents is 1. The number of nitrogens with two attached hydrogens (primary N) is 1. The zero-order valence-electron chi connectivity index (χ0n) is 10.7. The van der Waals surface area contributed by atoms with Crippen LogP contribution in [0.5, 0.6) is 5.75 Å². The highest BCUT2D eigenvalue weighted by Crippen LogP contribution is 2.26. The summed E-state index contributed by atoms with van der Waals surface area (Å²) in [5.74, 6) is 0.353. The Labute approximate surface area is 103 Å². The Bertz CT molecular complexity index is 395. The molecule has 0 bridgehead atoms. The quantitative estimate of drug-likeness (QED) is 0.841. The minimum Gasteiger partial charge on any atom is -0.508 e. The van der Waals surface area contributed by atoms with Crippen molar-refractivity contribution in [2.45, 2.75) is 38.8 Å². The molecule has 94 valence electrons. The predicted molar refractivity (Wildman–Crippen MR) is 69.9 cm³/mol. The van der Waals surface area contributed by atoms with Crippen molar-refractivity contribution in [1.29, 1.82) is 0 Å². The minimum atomic E-state index is -0.359. The number of likely N-dealkylation sites (tertiary alicyclic amines) is 1. The number of hydrogen-bond acceptors (Lipinski definition) is 3. The summed E-state index contributed by atoms with van der Waals surface area (Å²) in [6, 6.07) is 5.70. The Kier molecular flexibility index (Phi) is 3.40. The van der Waals surface area contributed by atoms with Crippen molar-refractivity contribution in [3.8, 4) is 5.75 Å². The second kappa shape index (κ2) is 4.67. The van der Waals surface area contributed by atoms with E-state index in [0.29, 0.717) is 12.2 Å². The second-order valence-corrected chi connectivity index (χ2v) is 5.36. The molecule has 1 heterocycles. The van der Waals surface area contributed by atoms with Crippen LogP contribution in [0.4, 0.5) is 0 Å². The molecule has 1 fully saturated rings. The first-order valence-electron chi connectivity index (χ1n) is 6.31. The molecule has 2 rings (SSSR count). The van der Waals surface area contributed by atoms with Gasteiger partial charge in [-0.2, -0.15) is 0 Å². The maximum Gasteiger partial charge on any atom is 0.118 e. The molecular formula is C14H22N2O. The zero-order chi connectivity index (χ0) is 12.5. The van der Waals surface area contributed by atoms with Crippen molar-refractivity contribution in [1.82, 2.24) is 4.90 Å². The third-order valence-corrected chi connectivity index (χ3v) is 3.61. The van der Waals surface area contributed by atoms with Gasteiger partial charge in [-0.05, 0) is 51.4 Å². The summed E-state index contributed by atoms with van der Waals surface area (Å²) in [5.41, 5.74) is 8.14. The smallest absolute Gasteiger partial charge is 0.118 e. The van der Waals surface area contributed by atoms with Crippen LogP contribution in [-0.2, 0) is 6.42 Å². The van der Waals surface area contributed by atoms with Gasteiger partial charge in [0.15, 0.2) is 0 Å². The number of hydrogen-bond donors (Lipinski definition) is 2. The minimum absolute atomic E-state index is 0.353. The van der Waals surface area contributed by atoms with E-state index in [1.807, 2.05) is 19.1 Å². The molecule has 0 aromatic heterocycles. The monoisotopic (exact) mass is 234 g/mol. The average Bonchev–Trinajstić information content (AvgIpc) is 2.77. The molecule has 1 aliphatic heterocycles.